The summed E-state index contributed by atoms with van der Waals surface area (Å²) < 4.78 is 8.12. The van der Waals surface area contributed by atoms with Gasteiger partial charge in [-0.3, -0.25) is 4.57 Å². The second-order valence-electron chi connectivity index (χ2n) is 10.2. The summed E-state index contributed by atoms with van der Waals surface area (Å²) >= 11 is 6.23. The Hall–Kier alpha value is -2.42. The quantitative estimate of drug-likeness (QED) is 0.438. The van der Waals surface area contributed by atoms with Crippen molar-refractivity contribution in [3.63, 3.8) is 0 Å². The van der Waals surface area contributed by atoms with Gasteiger partial charge < -0.3 is 21.1 Å². The van der Waals surface area contributed by atoms with E-state index < -0.39 is 0 Å². The zero-order valence-electron chi connectivity index (χ0n) is 19.9. The van der Waals surface area contributed by atoms with E-state index in [-0.39, 0.29) is 11.6 Å². The molecule has 0 radical (unpaired) electrons. The lowest BCUT2D eigenvalue weighted by molar-refractivity contribution is -0.0553. The lowest BCUT2D eigenvalue weighted by Crippen LogP contribution is -2.40. The van der Waals surface area contributed by atoms with Crippen LogP contribution in [0.5, 0.6) is 0 Å². The molecule has 1 atom stereocenters. The Morgan fingerprint density at radius 3 is 2.74 bits per heavy atom. The summed E-state index contributed by atoms with van der Waals surface area (Å²) in [5, 5.41) is 7.70. The van der Waals surface area contributed by atoms with Crippen LogP contribution in [-0.2, 0) is 4.74 Å². The van der Waals surface area contributed by atoms with Gasteiger partial charge in [0.1, 0.15) is 5.52 Å². The molecule has 1 unspecified atom stereocenters. The molecule has 3 heterocycles. The third-order valence-electron chi connectivity index (χ3n) is 7.06. The molecular formula is C25H34ClN7O. The number of halogens is 1. The molecule has 9 heteroatoms. The molecule has 3 aromatic rings. The van der Waals surface area contributed by atoms with Gasteiger partial charge in [0.25, 0.3) is 0 Å². The highest BCUT2D eigenvalue weighted by Crippen LogP contribution is 2.37. The molecule has 5 rings (SSSR count). The molecule has 2 aromatic heterocycles. The molecule has 2 aliphatic rings. The van der Waals surface area contributed by atoms with Crippen molar-refractivity contribution >= 4 is 40.3 Å². The monoisotopic (exact) mass is 483 g/mol. The molecule has 182 valence electrons. The van der Waals surface area contributed by atoms with Crippen LogP contribution in [0.3, 0.4) is 0 Å². The smallest absolute Gasteiger partial charge is 0.224 e. The van der Waals surface area contributed by atoms with Gasteiger partial charge >= 0.3 is 0 Å². The number of nitrogens with zero attached hydrogens (tertiary/aromatic N) is 4. The summed E-state index contributed by atoms with van der Waals surface area (Å²) in [6.45, 7) is 5.75. The third kappa shape index (κ3) is 5.14. The van der Waals surface area contributed by atoms with E-state index in [0.717, 1.165) is 74.5 Å². The highest BCUT2D eigenvalue weighted by atomic mass is 35.5. The number of ether oxygens (including phenoxy) is 1. The number of anilines is 3. The van der Waals surface area contributed by atoms with E-state index in [1.807, 2.05) is 30.5 Å². The molecular weight excluding hydrogens is 450 g/mol. The van der Waals surface area contributed by atoms with E-state index >= 15 is 0 Å². The van der Waals surface area contributed by atoms with Crippen molar-refractivity contribution in [2.45, 2.75) is 70.1 Å². The summed E-state index contributed by atoms with van der Waals surface area (Å²) in [7, 11) is 0. The molecule has 34 heavy (non-hydrogen) atoms. The van der Waals surface area contributed by atoms with E-state index in [9.17, 15) is 0 Å². The molecule has 1 saturated carbocycles. The van der Waals surface area contributed by atoms with Gasteiger partial charge in [0.2, 0.25) is 11.9 Å². The van der Waals surface area contributed by atoms with Crippen LogP contribution in [0.4, 0.5) is 17.6 Å². The lowest BCUT2D eigenvalue weighted by Gasteiger charge is -2.35. The third-order valence-corrected chi connectivity index (χ3v) is 7.29. The highest BCUT2D eigenvalue weighted by Gasteiger charge is 2.30. The SMILES string of the molecule is CC1(C)CC(Nc2ncc3nc(Nc4cccc(Cl)c4)n(C4CCC(CN)CC4)c3n2)CCO1. The van der Waals surface area contributed by atoms with E-state index in [2.05, 4.69) is 34.0 Å². The van der Waals surface area contributed by atoms with E-state index in [1.165, 1.54) is 0 Å². The van der Waals surface area contributed by atoms with Gasteiger partial charge in [-0.2, -0.15) is 4.98 Å². The van der Waals surface area contributed by atoms with Crippen LogP contribution in [0.1, 0.15) is 58.4 Å². The van der Waals surface area contributed by atoms with E-state index in [1.54, 1.807) is 0 Å². The molecule has 1 aromatic carbocycles. The summed E-state index contributed by atoms with van der Waals surface area (Å²) in [6, 6.07) is 8.28. The fraction of sp³-hybridized carbons (Fsp3) is 0.560. The summed E-state index contributed by atoms with van der Waals surface area (Å²) in [5.41, 5.74) is 8.34. The highest BCUT2D eigenvalue weighted by molar-refractivity contribution is 6.30. The number of benzene rings is 1. The van der Waals surface area contributed by atoms with Gasteiger partial charge in [0, 0.05) is 29.4 Å². The Bertz CT molecular complexity index is 1140. The molecule has 1 saturated heterocycles. The Balaban J connectivity index is 1.48. The molecule has 0 spiro atoms. The van der Waals surface area contributed by atoms with Crippen molar-refractivity contribution in [1.82, 2.24) is 19.5 Å². The summed E-state index contributed by atoms with van der Waals surface area (Å²) in [4.78, 5) is 14.4. The topological polar surface area (TPSA) is 103 Å². The predicted octanol–water partition coefficient (Wildman–Crippen LogP) is 5.28. The van der Waals surface area contributed by atoms with E-state index in [4.69, 9.17) is 32.0 Å². The van der Waals surface area contributed by atoms with Gasteiger partial charge in [-0.15, -0.1) is 0 Å². The van der Waals surface area contributed by atoms with Gasteiger partial charge in [-0.05, 0) is 83.0 Å². The van der Waals surface area contributed by atoms with Gasteiger partial charge in [-0.1, -0.05) is 17.7 Å². The minimum atomic E-state index is -0.141. The van der Waals surface area contributed by atoms with Gasteiger partial charge in [0.05, 0.1) is 11.8 Å². The van der Waals surface area contributed by atoms with Crippen LogP contribution in [0.15, 0.2) is 30.5 Å². The molecule has 8 nitrogen and oxygen atoms in total. The number of imidazole rings is 1. The first-order valence-electron chi connectivity index (χ1n) is 12.3. The van der Waals surface area contributed by atoms with Crippen molar-refractivity contribution in [1.29, 1.82) is 0 Å². The maximum Gasteiger partial charge on any atom is 0.224 e. The van der Waals surface area contributed by atoms with Crippen molar-refractivity contribution in [3.8, 4) is 0 Å². The van der Waals surface area contributed by atoms with Crippen molar-refractivity contribution in [3.05, 3.63) is 35.5 Å². The molecule has 1 aliphatic carbocycles. The Kier molecular flexibility index (Phi) is 6.64. The number of fused-ring (bicyclic) bond motifs is 1. The fourth-order valence-electron chi connectivity index (χ4n) is 5.27. The first kappa shape index (κ1) is 23.3. The fourth-order valence-corrected chi connectivity index (χ4v) is 5.46. The predicted molar refractivity (Wildman–Crippen MR) is 137 cm³/mol. The Labute approximate surface area is 205 Å². The first-order valence-corrected chi connectivity index (χ1v) is 12.7. The minimum Gasteiger partial charge on any atom is -0.375 e. The number of hydrogen-bond donors (Lipinski definition) is 3. The van der Waals surface area contributed by atoms with Crippen LogP contribution in [0.2, 0.25) is 5.02 Å². The average molecular weight is 484 g/mol. The number of nitrogens with one attached hydrogen (secondary N) is 2. The second-order valence-corrected chi connectivity index (χ2v) is 10.6. The van der Waals surface area contributed by atoms with Crippen LogP contribution >= 0.6 is 11.6 Å². The largest absolute Gasteiger partial charge is 0.375 e. The van der Waals surface area contributed by atoms with Crippen LogP contribution in [-0.4, -0.2) is 44.3 Å². The summed E-state index contributed by atoms with van der Waals surface area (Å²) in [5.74, 6) is 2.01. The van der Waals surface area contributed by atoms with Gasteiger partial charge in [0.15, 0.2) is 5.65 Å². The summed E-state index contributed by atoms with van der Waals surface area (Å²) in [6.07, 6.45) is 8.01. The maximum absolute atomic E-state index is 6.23. The number of nitrogens with two attached hydrogens (primary N) is 1. The minimum absolute atomic E-state index is 0.141. The normalized spacial score (nSPS) is 24.8. The van der Waals surface area contributed by atoms with Crippen molar-refractivity contribution in [2.75, 3.05) is 23.8 Å². The van der Waals surface area contributed by atoms with E-state index in [0.29, 0.717) is 22.9 Å². The lowest BCUT2D eigenvalue weighted by atomic mass is 9.86. The Morgan fingerprint density at radius 2 is 2.00 bits per heavy atom. The van der Waals surface area contributed by atoms with Gasteiger partial charge in [-0.25, -0.2) is 9.97 Å². The zero-order valence-corrected chi connectivity index (χ0v) is 20.7. The van der Waals surface area contributed by atoms with Crippen LogP contribution < -0.4 is 16.4 Å². The second kappa shape index (κ2) is 9.68. The standard InChI is InChI=1S/C25H34ClN7O/c1-25(2)13-19(10-11-34-25)29-23-28-15-21-22(32-23)33(20-8-6-16(14-27)7-9-20)24(31-21)30-18-5-3-4-17(26)12-18/h3-5,12,15-16,19-20H,6-11,13-14,27H2,1-2H3,(H,30,31)(H,28,29,32). The molecule has 4 N–H and O–H groups in total. The zero-order chi connectivity index (χ0) is 23.7. The first-order chi connectivity index (χ1) is 16.4. The maximum atomic E-state index is 6.23. The molecule has 0 amide bonds. The number of rotatable bonds is 6. The van der Waals surface area contributed by atoms with Crippen molar-refractivity contribution in [2.24, 2.45) is 11.7 Å². The molecule has 1 aliphatic heterocycles. The number of aromatic nitrogens is 4. The van der Waals surface area contributed by atoms with Crippen molar-refractivity contribution < 1.29 is 4.74 Å². The average Bonchev–Trinajstić information content (AvgIpc) is 3.15. The molecule has 2 fully saturated rings. The number of hydrogen-bond acceptors (Lipinski definition) is 7. The van der Waals surface area contributed by atoms with Crippen LogP contribution in [0.25, 0.3) is 11.2 Å². The van der Waals surface area contributed by atoms with Crippen LogP contribution in [0, 0.1) is 5.92 Å². The molecule has 0 bridgehead atoms. The Morgan fingerprint density at radius 1 is 1.18 bits per heavy atom.